The standard InChI is InChI=1S/C27H36Cl2O7S/c1-15-9-16(11-17(28)10-15)5-7-20-19(21(29)12-22(20)31)4-2-3-18-6-8-25(37-18)27(35)36-14-24(33)26(34)23(32)13-30/h6,8-11,19-24,26,30-34H,2-5,7,12-14H2,1H3/t19-,20-,21-,22-,23-,24-,26+/m1/s1. The number of carbonyl (C=O) groups is 1. The number of aryl methyl sites for hydroxylation is 3. The summed E-state index contributed by atoms with van der Waals surface area (Å²) in [6, 6.07) is 9.56. The first-order chi connectivity index (χ1) is 17.6. The molecule has 37 heavy (non-hydrogen) atoms. The Bertz CT molecular complexity index is 996. The normalized spacial score (nSPS) is 24.1. The van der Waals surface area contributed by atoms with Crippen LogP contribution in [0.25, 0.3) is 0 Å². The van der Waals surface area contributed by atoms with Crippen LogP contribution in [0.2, 0.25) is 5.02 Å². The lowest BCUT2D eigenvalue weighted by Crippen LogP contribution is -2.42. The SMILES string of the molecule is Cc1cc(Cl)cc(CC[C@@H]2[C@@H](CCCc3ccc(C(=O)OC[C@@H](O)[C@@H](O)[C@H](O)CO)s3)[C@H](Cl)C[C@H]2O)c1. The summed E-state index contributed by atoms with van der Waals surface area (Å²) >= 11 is 14.1. The Morgan fingerprint density at radius 2 is 1.86 bits per heavy atom. The average molecular weight is 576 g/mol. The molecule has 7 nitrogen and oxygen atoms in total. The number of rotatable bonds is 13. The molecule has 7 atom stereocenters. The van der Waals surface area contributed by atoms with Gasteiger partial charge in [0.2, 0.25) is 0 Å². The molecule has 2 aromatic rings. The molecule has 10 heteroatoms. The largest absolute Gasteiger partial charge is 0.459 e. The maximum absolute atomic E-state index is 12.3. The van der Waals surface area contributed by atoms with E-state index in [1.54, 1.807) is 6.07 Å². The molecule has 1 aliphatic carbocycles. The number of hydrogen-bond acceptors (Lipinski definition) is 8. The van der Waals surface area contributed by atoms with E-state index in [1.807, 2.05) is 25.1 Å². The van der Waals surface area contributed by atoms with Gasteiger partial charge in [0.05, 0.1) is 12.7 Å². The maximum Gasteiger partial charge on any atom is 0.348 e. The van der Waals surface area contributed by atoms with E-state index in [2.05, 4.69) is 6.07 Å². The molecule has 1 aromatic heterocycles. The molecule has 206 valence electrons. The van der Waals surface area contributed by atoms with Gasteiger partial charge >= 0.3 is 5.97 Å². The first-order valence-electron chi connectivity index (χ1n) is 12.6. The van der Waals surface area contributed by atoms with Crippen molar-refractivity contribution < 1.29 is 35.1 Å². The zero-order valence-corrected chi connectivity index (χ0v) is 23.1. The van der Waals surface area contributed by atoms with Crippen LogP contribution in [-0.4, -0.2) is 74.5 Å². The minimum absolute atomic E-state index is 0.0684. The summed E-state index contributed by atoms with van der Waals surface area (Å²) in [7, 11) is 0. The van der Waals surface area contributed by atoms with Crippen molar-refractivity contribution >= 4 is 40.5 Å². The lowest BCUT2D eigenvalue weighted by molar-refractivity contribution is -0.0925. The third-order valence-electron chi connectivity index (χ3n) is 7.03. The maximum atomic E-state index is 12.3. The highest BCUT2D eigenvalue weighted by Gasteiger charge is 2.40. The van der Waals surface area contributed by atoms with Crippen LogP contribution >= 0.6 is 34.5 Å². The third-order valence-corrected chi connectivity index (χ3v) is 8.87. The molecule has 1 fully saturated rings. The van der Waals surface area contributed by atoms with Gasteiger partial charge in [0.25, 0.3) is 0 Å². The highest BCUT2D eigenvalue weighted by molar-refractivity contribution is 7.13. The predicted molar refractivity (Wildman–Crippen MR) is 144 cm³/mol. The Labute approximate surface area is 231 Å². The van der Waals surface area contributed by atoms with Crippen LogP contribution in [0.4, 0.5) is 0 Å². The third kappa shape index (κ3) is 8.63. The fourth-order valence-corrected chi connectivity index (χ4v) is 6.81. The second-order valence-corrected chi connectivity index (χ2v) is 12.1. The molecule has 0 amide bonds. The molecule has 0 bridgehead atoms. The fraction of sp³-hybridized carbons (Fsp3) is 0.593. The lowest BCUT2D eigenvalue weighted by atomic mass is 9.85. The van der Waals surface area contributed by atoms with Gasteiger partial charge in [0.1, 0.15) is 29.8 Å². The van der Waals surface area contributed by atoms with Gasteiger partial charge in [-0.05, 0) is 92.7 Å². The van der Waals surface area contributed by atoms with Gasteiger partial charge in [-0.3, -0.25) is 0 Å². The molecule has 0 aliphatic heterocycles. The molecule has 5 N–H and O–H groups in total. The van der Waals surface area contributed by atoms with E-state index >= 15 is 0 Å². The van der Waals surface area contributed by atoms with Gasteiger partial charge < -0.3 is 30.3 Å². The second kappa shape index (κ2) is 14.2. The predicted octanol–water partition coefficient (Wildman–Crippen LogP) is 3.50. The van der Waals surface area contributed by atoms with E-state index in [0.29, 0.717) is 11.3 Å². The quantitative estimate of drug-likeness (QED) is 0.183. The summed E-state index contributed by atoms with van der Waals surface area (Å²) in [5.74, 6) is -0.289. The van der Waals surface area contributed by atoms with Crippen LogP contribution in [0, 0.1) is 18.8 Å². The van der Waals surface area contributed by atoms with E-state index in [9.17, 15) is 25.2 Å². The van der Waals surface area contributed by atoms with Crippen LogP contribution in [0.3, 0.4) is 0 Å². The first-order valence-corrected chi connectivity index (χ1v) is 14.2. The van der Waals surface area contributed by atoms with Crippen molar-refractivity contribution in [2.24, 2.45) is 11.8 Å². The smallest absolute Gasteiger partial charge is 0.348 e. The van der Waals surface area contributed by atoms with Crippen LogP contribution in [-0.2, 0) is 17.6 Å². The number of aliphatic hydroxyl groups excluding tert-OH is 5. The average Bonchev–Trinajstić information content (AvgIpc) is 3.43. The fourth-order valence-electron chi connectivity index (χ4n) is 5.05. The van der Waals surface area contributed by atoms with E-state index in [0.717, 1.165) is 47.6 Å². The number of alkyl halides is 1. The van der Waals surface area contributed by atoms with Crippen molar-refractivity contribution in [3.05, 3.63) is 56.2 Å². The van der Waals surface area contributed by atoms with Crippen molar-refractivity contribution in [2.45, 2.75) is 75.2 Å². The van der Waals surface area contributed by atoms with Gasteiger partial charge in [0, 0.05) is 15.3 Å². The summed E-state index contributed by atoms with van der Waals surface area (Å²) in [5, 5.41) is 49.0. The van der Waals surface area contributed by atoms with Crippen molar-refractivity contribution in [3.8, 4) is 0 Å². The van der Waals surface area contributed by atoms with E-state index < -0.39 is 43.6 Å². The Morgan fingerprint density at radius 3 is 2.57 bits per heavy atom. The minimum Gasteiger partial charge on any atom is -0.459 e. The van der Waals surface area contributed by atoms with Crippen molar-refractivity contribution in [3.63, 3.8) is 0 Å². The zero-order valence-electron chi connectivity index (χ0n) is 20.8. The molecule has 1 aromatic carbocycles. The molecular weight excluding hydrogens is 539 g/mol. The Kier molecular flexibility index (Phi) is 11.7. The first kappa shape index (κ1) is 30.3. The number of esters is 1. The van der Waals surface area contributed by atoms with Gasteiger partial charge in [-0.15, -0.1) is 22.9 Å². The summed E-state index contributed by atoms with van der Waals surface area (Å²) in [6.07, 6.45) is -0.272. The van der Waals surface area contributed by atoms with Crippen LogP contribution < -0.4 is 0 Å². The highest BCUT2D eigenvalue weighted by Crippen LogP contribution is 2.41. The van der Waals surface area contributed by atoms with Crippen LogP contribution in [0.15, 0.2) is 30.3 Å². The number of thiophene rings is 1. The minimum atomic E-state index is -1.62. The van der Waals surface area contributed by atoms with E-state index in [4.69, 9.17) is 33.0 Å². The topological polar surface area (TPSA) is 127 Å². The van der Waals surface area contributed by atoms with Gasteiger partial charge in [0.15, 0.2) is 0 Å². The van der Waals surface area contributed by atoms with Crippen LogP contribution in [0.1, 0.15) is 51.4 Å². The molecule has 0 radical (unpaired) electrons. The van der Waals surface area contributed by atoms with Crippen LogP contribution in [0.5, 0.6) is 0 Å². The number of ether oxygens (including phenoxy) is 1. The number of aliphatic hydroxyl groups is 5. The summed E-state index contributed by atoms with van der Waals surface area (Å²) in [4.78, 5) is 13.7. The molecular formula is C27H36Cl2O7S. The second-order valence-electron chi connectivity index (χ2n) is 9.89. The van der Waals surface area contributed by atoms with Crippen molar-refractivity contribution in [2.75, 3.05) is 13.2 Å². The van der Waals surface area contributed by atoms with Crippen molar-refractivity contribution in [1.82, 2.24) is 0 Å². The number of benzene rings is 1. The Hall–Kier alpha value is -1.23. The van der Waals surface area contributed by atoms with Gasteiger partial charge in [-0.25, -0.2) is 4.79 Å². The molecule has 0 unspecified atom stereocenters. The lowest BCUT2D eigenvalue weighted by Gasteiger charge is -2.23. The Balaban J connectivity index is 1.47. The zero-order chi connectivity index (χ0) is 27.1. The van der Waals surface area contributed by atoms with E-state index in [1.165, 1.54) is 16.9 Å². The Morgan fingerprint density at radius 1 is 1.11 bits per heavy atom. The van der Waals surface area contributed by atoms with Gasteiger partial charge in [-0.2, -0.15) is 0 Å². The molecule has 1 heterocycles. The molecule has 1 saturated carbocycles. The summed E-state index contributed by atoms with van der Waals surface area (Å²) in [5.41, 5.74) is 2.29. The molecule has 1 aliphatic rings. The molecule has 3 rings (SSSR count). The summed E-state index contributed by atoms with van der Waals surface area (Å²) < 4.78 is 5.04. The molecule has 0 spiro atoms. The number of carbonyl (C=O) groups excluding carboxylic acids is 1. The van der Waals surface area contributed by atoms with E-state index in [-0.39, 0.29) is 17.2 Å². The van der Waals surface area contributed by atoms with Crippen molar-refractivity contribution in [1.29, 1.82) is 0 Å². The highest BCUT2D eigenvalue weighted by atomic mass is 35.5. The van der Waals surface area contributed by atoms with Gasteiger partial charge in [-0.1, -0.05) is 17.7 Å². The monoisotopic (exact) mass is 574 g/mol. The molecule has 0 saturated heterocycles. The summed E-state index contributed by atoms with van der Waals surface area (Å²) in [6.45, 7) is 0.806. The number of halogens is 2. The number of hydrogen-bond donors (Lipinski definition) is 5.